The lowest BCUT2D eigenvalue weighted by atomic mass is 10.0. The maximum atomic E-state index is 5.13. The van der Waals surface area contributed by atoms with E-state index < -0.39 is 0 Å². The zero-order chi connectivity index (χ0) is 34.3. The van der Waals surface area contributed by atoms with Crippen LogP contribution in [0, 0.1) is 6.92 Å². The highest BCUT2D eigenvalue weighted by atomic mass is 15.1. The Morgan fingerprint density at radius 1 is 0.560 bits per heavy atom. The Morgan fingerprint density at radius 3 is 1.92 bits per heavy atom. The van der Waals surface area contributed by atoms with Gasteiger partial charge in [0.15, 0.2) is 0 Å². The zero-order valence-corrected chi connectivity index (χ0v) is 28.7. The van der Waals surface area contributed by atoms with E-state index in [1.807, 2.05) is 37.3 Å². The van der Waals surface area contributed by atoms with E-state index in [1.165, 1.54) is 16.3 Å². The van der Waals surface area contributed by atoms with Gasteiger partial charge in [0.2, 0.25) is 0 Å². The smallest absolute Gasteiger partial charge is 0.0973 e. The number of aryl methyl sites for hydroxylation is 1. The van der Waals surface area contributed by atoms with Gasteiger partial charge in [0, 0.05) is 50.0 Å². The third-order valence-corrected chi connectivity index (χ3v) is 8.70. The molecule has 6 aromatic carbocycles. The fourth-order valence-electron chi connectivity index (χ4n) is 6.26. The van der Waals surface area contributed by atoms with Gasteiger partial charge in [-0.15, -0.1) is 0 Å². The topological polar surface area (TPSA) is 44.8 Å². The molecule has 244 valence electrons. The van der Waals surface area contributed by atoms with E-state index in [0.29, 0.717) is 0 Å². The van der Waals surface area contributed by atoms with Crippen molar-refractivity contribution in [3.05, 3.63) is 175 Å². The molecule has 0 radical (unpaired) electrons. The van der Waals surface area contributed by atoms with Crippen LogP contribution in [0.1, 0.15) is 25.8 Å². The Bertz CT molecular complexity index is 2420. The van der Waals surface area contributed by atoms with Gasteiger partial charge < -0.3 is 9.88 Å². The van der Waals surface area contributed by atoms with Crippen molar-refractivity contribution in [3.63, 3.8) is 0 Å². The molecule has 0 saturated heterocycles. The maximum Gasteiger partial charge on any atom is 0.0973 e. The number of anilines is 3. The number of rotatable bonds is 7. The van der Waals surface area contributed by atoms with Crippen molar-refractivity contribution in [2.75, 3.05) is 4.90 Å². The van der Waals surface area contributed by atoms with Crippen LogP contribution in [-0.4, -0.2) is 15.0 Å². The van der Waals surface area contributed by atoms with Crippen molar-refractivity contribution in [1.29, 1.82) is 0 Å². The minimum Gasteiger partial charge on any atom is -0.355 e. The number of H-pyrrole nitrogens is 1. The molecule has 8 aromatic rings. The van der Waals surface area contributed by atoms with Crippen molar-refractivity contribution in [3.8, 4) is 22.5 Å². The summed E-state index contributed by atoms with van der Waals surface area (Å²) in [6, 6.07) is 50.9. The van der Waals surface area contributed by atoms with Crippen LogP contribution in [0.2, 0.25) is 0 Å². The van der Waals surface area contributed by atoms with Gasteiger partial charge in [0.05, 0.1) is 22.4 Å². The zero-order valence-electron chi connectivity index (χ0n) is 28.7. The Balaban J connectivity index is 0.000000510. The Labute approximate surface area is 294 Å². The van der Waals surface area contributed by atoms with Gasteiger partial charge in [-0.25, -0.2) is 9.97 Å². The van der Waals surface area contributed by atoms with E-state index >= 15 is 0 Å². The summed E-state index contributed by atoms with van der Waals surface area (Å²) in [7, 11) is 0. The Hall–Kier alpha value is -6.26. The molecule has 8 rings (SSSR count). The number of allylic oxidation sites excluding steroid dienone is 4. The van der Waals surface area contributed by atoms with E-state index in [4.69, 9.17) is 9.97 Å². The van der Waals surface area contributed by atoms with Crippen LogP contribution < -0.4 is 4.90 Å². The van der Waals surface area contributed by atoms with Crippen LogP contribution in [0.5, 0.6) is 0 Å². The van der Waals surface area contributed by atoms with Gasteiger partial charge in [-0.1, -0.05) is 116 Å². The molecule has 4 nitrogen and oxygen atoms in total. The first-order chi connectivity index (χ1) is 24.6. The summed E-state index contributed by atoms with van der Waals surface area (Å²) in [5.41, 5.74) is 12.3. The van der Waals surface area contributed by atoms with Crippen LogP contribution >= 0.6 is 0 Å². The maximum absolute atomic E-state index is 5.13. The highest BCUT2D eigenvalue weighted by Gasteiger charge is 2.17. The lowest BCUT2D eigenvalue weighted by Crippen LogP contribution is -2.09. The van der Waals surface area contributed by atoms with Gasteiger partial charge in [-0.05, 0) is 86.5 Å². The third kappa shape index (κ3) is 6.83. The summed E-state index contributed by atoms with van der Waals surface area (Å²) in [5.74, 6) is 0. The predicted octanol–water partition coefficient (Wildman–Crippen LogP) is 12.9. The van der Waals surface area contributed by atoms with E-state index in [9.17, 15) is 0 Å². The van der Waals surface area contributed by atoms with Crippen molar-refractivity contribution >= 4 is 49.9 Å². The molecule has 0 unspecified atom stereocenters. The van der Waals surface area contributed by atoms with Crippen LogP contribution in [-0.2, 0) is 0 Å². The first kappa shape index (κ1) is 32.3. The quantitative estimate of drug-likeness (QED) is 0.175. The van der Waals surface area contributed by atoms with Crippen LogP contribution in [0.15, 0.2) is 170 Å². The second-order valence-electron chi connectivity index (χ2n) is 12.3. The number of para-hydroxylation sites is 2. The molecule has 4 heteroatoms. The predicted molar refractivity (Wildman–Crippen MR) is 213 cm³/mol. The van der Waals surface area contributed by atoms with E-state index in [1.54, 1.807) is 0 Å². The molecule has 50 heavy (non-hydrogen) atoms. The number of hydrogen-bond acceptors (Lipinski definition) is 3. The molecule has 0 aliphatic carbocycles. The minimum atomic E-state index is 0.876. The van der Waals surface area contributed by atoms with Crippen molar-refractivity contribution in [1.82, 2.24) is 15.0 Å². The van der Waals surface area contributed by atoms with E-state index in [-0.39, 0.29) is 0 Å². The first-order valence-electron chi connectivity index (χ1n) is 17.2. The monoisotopic (exact) mass is 648 g/mol. The molecule has 0 fully saturated rings. The molecule has 0 aliphatic heterocycles. The fraction of sp³-hybridized carbons (Fsp3) is 0.0870. The first-order valence-corrected chi connectivity index (χ1v) is 17.2. The number of nitrogens with zero attached hydrogens (tertiary/aromatic N) is 3. The largest absolute Gasteiger partial charge is 0.355 e. The molecule has 0 saturated carbocycles. The van der Waals surface area contributed by atoms with Crippen molar-refractivity contribution in [2.45, 2.75) is 27.2 Å². The number of benzene rings is 6. The summed E-state index contributed by atoms with van der Waals surface area (Å²) >= 11 is 0. The Kier molecular flexibility index (Phi) is 9.61. The SMILES string of the molecule is C/C=C\C=C/CC.Cc1ccc2nc(-c3ccc(N(c4ccccc4)c4ccc5[nH]c6ccccc6c5c4)cc3)c(-c3ccccc3)nc2c1. The molecule has 0 aliphatic rings. The number of aromatic nitrogens is 3. The van der Waals surface area contributed by atoms with E-state index in [0.717, 1.165) is 68.1 Å². The molecule has 1 N–H and O–H groups in total. The Morgan fingerprint density at radius 2 is 1.18 bits per heavy atom. The molecular weight excluding hydrogens is 609 g/mol. The van der Waals surface area contributed by atoms with Crippen LogP contribution in [0.4, 0.5) is 17.1 Å². The summed E-state index contributed by atoms with van der Waals surface area (Å²) < 4.78 is 0. The second-order valence-corrected chi connectivity index (χ2v) is 12.3. The molecule has 0 amide bonds. The van der Waals surface area contributed by atoms with Crippen molar-refractivity contribution < 1.29 is 0 Å². The van der Waals surface area contributed by atoms with Gasteiger partial charge in [0.1, 0.15) is 0 Å². The molecule has 0 spiro atoms. The number of hydrogen-bond donors (Lipinski definition) is 1. The molecule has 2 heterocycles. The fourth-order valence-corrected chi connectivity index (χ4v) is 6.26. The highest BCUT2D eigenvalue weighted by Crippen LogP contribution is 2.39. The van der Waals surface area contributed by atoms with Gasteiger partial charge in [-0.2, -0.15) is 0 Å². The molecule has 0 atom stereocenters. The van der Waals surface area contributed by atoms with Crippen molar-refractivity contribution in [2.24, 2.45) is 0 Å². The standard InChI is InChI=1S/C39H28N4.C7H12/c1-26-16-22-36-37(24-26)42-38(27-10-4-2-5-11-27)39(41-36)28-17-19-30(20-18-28)43(29-12-6-3-7-13-29)31-21-23-35-33(25-31)32-14-8-9-15-34(32)40-35;1-3-5-7-6-4-2/h2-25,40H,1H3;3,5-7H,4H2,1-2H3/b;5-3-,7-6-. The number of fused-ring (bicyclic) bond motifs is 4. The molecular formula is C46H40N4. The lowest BCUT2D eigenvalue weighted by molar-refractivity contribution is 1.22. The summed E-state index contributed by atoms with van der Waals surface area (Å²) in [6.07, 6.45) is 9.36. The summed E-state index contributed by atoms with van der Waals surface area (Å²) in [4.78, 5) is 16.1. The van der Waals surface area contributed by atoms with Gasteiger partial charge in [0.25, 0.3) is 0 Å². The summed E-state index contributed by atoms with van der Waals surface area (Å²) in [5, 5.41) is 2.43. The third-order valence-electron chi connectivity index (χ3n) is 8.70. The van der Waals surface area contributed by atoms with Crippen LogP contribution in [0.3, 0.4) is 0 Å². The number of aromatic amines is 1. The van der Waals surface area contributed by atoms with Gasteiger partial charge >= 0.3 is 0 Å². The molecule has 2 aromatic heterocycles. The average Bonchev–Trinajstić information content (AvgIpc) is 3.54. The highest BCUT2D eigenvalue weighted by molar-refractivity contribution is 6.08. The minimum absolute atomic E-state index is 0.876. The van der Waals surface area contributed by atoms with Crippen LogP contribution in [0.25, 0.3) is 55.4 Å². The average molecular weight is 649 g/mol. The lowest BCUT2D eigenvalue weighted by Gasteiger charge is -2.26. The summed E-state index contributed by atoms with van der Waals surface area (Å²) in [6.45, 7) is 6.23. The molecule has 0 bridgehead atoms. The van der Waals surface area contributed by atoms with E-state index in [2.05, 4.69) is 163 Å². The van der Waals surface area contributed by atoms with Gasteiger partial charge in [-0.3, -0.25) is 0 Å². The number of nitrogens with one attached hydrogen (secondary N) is 1. The normalized spacial score (nSPS) is 11.4. The second kappa shape index (κ2) is 14.9.